The SMILES string of the molecule is CC(C)n1c(CS(=O)(=O)C(C)C)cc2cc(O)ccc21. The van der Waals surface area contributed by atoms with Crippen LogP contribution in [0.15, 0.2) is 24.3 Å². The molecule has 20 heavy (non-hydrogen) atoms. The summed E-state index contributed by atoms with van der Waals surface area (Å²) in [7, 11) is -3.15. The van der Waals surface area contributed by atoms with Gasteiger partial charge in [0.1, 0.15) is 5.75 Å². The molecule has 4 nitrogen and oxygen atoms in total. The van der Waals surface area contributed by atoms with Crippen molar-refractivity contribution in [1.29, 1.82) is 0 Å². The normalized spacial score (nSPS) is 12.7. The van der Waals surface area contributed by atoms with E-state index in [1.54, 1.807) is 26.0 Å². The van der Waals surface area contributed by atoms with E-state index in [-0.39, 0.29) is 17.5 Å². The molecule has 0 atom stereocenters. The Labute approximate surface area is 120 Å². The maximum absolute atomic E-state index is 12.2. The second-order valence-electron chi connectivity index (χ2n) is 5.70. The average Bonchev–Trinajstić information content (AvgIpc) is 2.64. The highest BCUT2D eigenvalue weighted by atomic mass is 32.2. The van der Waals surface area contributed by atoms with Crippen LogP contribution in [0.2, 0.25) is 0 Å². The van der Waals surface area contributed by atoms with Crippen LogP contribution >= 0.6 is 0 Å². The molecule has 0 saturated heterocycles. The minimum Gasteiger partial charge on any atom is -0.508 e. The highest BCUT2D eigenvalue weighted by molar-refractivity contribution is 7.91. The lowest BCUT2D eigenvalue weighted by molar-refractivity contribution is 0.476. The van der Waals surface area contributed by atoms with Gasteiger partial charge in [-0.25, -0.2) is 8.42 Å². The third-order valence-corrected chi connectivity index (χ3v) is 5.62. The lowest BCUT2D eigenvalue weighted by Crippen LogP contribution is -2.18. The molecule has 110 valence electrons. The Bertz CT molecular complexity index is 727. The second-order valence-corrected chi connectivity index (χ2v) is 8.26. The number of fused-ring (bicyclic) bond motifs is 1. The Balaban J connectivity index is 2.61. The van der Waals surface area contributed by atoms with Crippen molar-refractivity contribution in [2.45, 2.75) is 44.7 Å². The van der Waals surface area contributed by atoms with Crippen LogP contribution in [0.1, 0.15) is 39.4 Å². The van der Waals surface area contributed by atoms with E-state index in [9.17, 15) is 13.5 Å². The molecule has 0 aliphatic carbocycles. The zero-order valence-corrected chi connectivity index (χ0v) is 13.1. The largest absolute Gasteiger partial charge is 0.508 e. The van der Waals surface area contributed by atoms with Crippen LogP contribution in [0, 0.1) is 0 Å². The van der Waals surface area contributed by atoms with Crippen molar-refractivity contribution in [3.63, 3.8) is 0 Å². The van der Waals surface area contributed by atoms with Gasteiger partial charge < -0.3 is 9.67 Å². The minimum absolute atomic E-state index is 0.0261. The van der Waals surface area contributed by atoms with Crippen molar-refractivity contribution in [2.75, 3.05) is 0 Å². The number of phenols is 1. The summed E-state index contributed by atoms with van der Waals surface area (Å²) in [6.45, 7) is 7.45. The molecule has 0 radical (unpaired) electrons. The first-order valence-corrected chi connectivity index (χ1v) is 8.48. The number of rotatable bonds is 4. The van der Waals surface area contributed by atoms with Gasteiger partial charge in [-0.2, -0.15) is 0 Å². The van der Waals surface area contributed by atoms with Crippen LogP contribution in [0.25, 0.3) is 10.9 Å². The quantitative estimate of drug-likeness (QED) is 0.942. The van der Waals surface area contributed by atoms with Crippen molar-refractivity contribution in [2.24, 2.45) is 0 Å². The molecule has 0 amide bonds. The first-order chi connectivity index (χ1) is 9.22. The van der Waals surface area contributed by atoms with Gasteiger partial charge in [0, 0.05) is 22.6 Å². The molecular weight excluding hydrogens is 274 g/mol. The predicted octanol–water partition coefficient (Wildman–Crippen LogP) is 3.25. The number of aromatic nitrogens is 1. The van der Waals surface area contributed by atoms with Crippen LogP contribution < -0.4 is 0 Å². The average molecular weight is 295 g/mol. The van der Waals surface area contributed by atoms with Crippen LogP contribution in [0.3, 0.4) is 0 Å². The number of benzene rings is 1. The Morgan fingerprint density at radius 1 is 1.15 bits per heavy atom. The van der Waals surface area contributed by atoms with E-state index < -0.39 is 15.1 Å². The van der Waals surface area contributed by atoms with Gasteiger partial charge in [-0.3, -0.25) is 0 Å². The standard InChI is InChI=1S/C15H21NO3S/c1-10(2)16-13(9-20(18,19)11(3)4)7-12-8-14(17)5-6-15(12)16/h5-8,10-11,17H,9H2,1-4H3. The molecule has 5 heteroatoms. The number of hydrogen-bond donors (Lipinski definition) is 1. The Hall–Kier alpha value is -1.49. The van der Waals surface area contributed by atoms with Crippen molar-refractivity contribution in [3.8, 4) is 5.75 Å². The van der Waals surface area contributed by atoms with Gasteiger partial charge in [-0.15, -0.1) is 0 Å². The third-order valence-electron chi connectivity index (χ3n) is 3.49. The van der Waals surface area contributed by atoms with Gasteiger partial charge in [-0.05, 0) is 52.0 Å². The van der Waals surface area contributed by atoms with E-state index in [2.05, 4.69) is 0 Å². The van der Waals surface area contributed by atoms with Crippen molar-refractivity contribution >= 4 is 20.7 Å². The van der Waals surface area contributed by atoms with Gasteiger partial charge in [0.2, 0.25) is 0 Å². The molecule has 0 fully saturated rings. The first-order valence-electron chi connectivity index (χ1n) is 6.77. The Morgan fingerprint density at radius 3 is 2.35 bits per heavy atom. The number of phenolic OH excluding ortho intramolecular Hbond substituents is 1. The zero-order valence-electron chi connectivity index (χ0n) is 12.3. The van der Waals surface area contributed by atoms with Gasteiger partial charge in [0.15, 0.2) is 9.84 Å². The van der Waals surface area contributed by atoms with Gasteiger partial charge in [0.05, 0.1) is 11.0 Å². The van der Waals surface area contributed by atoms with Crippen molar-refractivity contribution in [3.05, 3.63) is 30.0 Å². The highest BCUT2D eigenvalue weighted by Gasteiger charge is 2.21. The van der Waals surface area contributed by atoms with Crippen molar-refractivity contribution in [1.82, 2.24) is 4.57 Å². The molecule has 2 aromatic rings. The molecule has 0 aliphatic rings. The number of aromatic hydroxyl groups is 1. The lowest BCUT2D eigenvalue weighted by Gasteiger charge is -2.16. The fourth-order valence-corrected chi connectivity index (χ4v) is 3.34. The third kappa shape index (κ3) is 2.68. The number of hydrogen-bond acceptors (Lipinski definition) is 3. The Morgan fingerprint density at radius 2 is 1.80 bits per heavy atom. The molecule has 1 heterocycles. The monoisotopic (exact) mass is 295 g/mol. The molecule has 1 aromatic carbocycles. The fourth-order valence-electron chi connectivity index (χ4n) is 2.37. The molecule has 2 rings (SSSR count). The van der Waals surface area contributed by atoms with Gasteiger partial charge in [-0.1, -0.05) is 0 Å². The van der Waals surface area contributed by atoms with E-state index in [4.69, 9.17) is 0 Å². The first kappa shape index (κ1) is 14.9. The summed E-state index contributed by atoms with van der Waals surface area (Å²) in [5.74, 6) is 0.217. The zero-order chi connectivity index (χ0) is 15.1. The van der Waals surface area contributed by atoms with Crippen LogP contribution in [0.4, 0.5) is 0 Å². The summed E-state index contributed by atoms with van der Waals surface area (Å²) in [5.41, 5.74) is 1.72. The molecular formula is C15H21NO3S. The molecule has 0 spiro atoms. The van der Waals surface area contributed by atoms with E-state index in [1.807, 2.05) is 30.5 Å². The highest BCUT2D eigenvalue weighted by Crippen LogP contribution is 2.28. The molecule has 1 aromatic heterocycles. The van der Waals surface area contributed by atoms with E-state index in [0.29, 0.717) is 0 Å². The summed E-state index contributed by atoms with van der Waals surface area (Å²) < 4.78 is 26.3. The van der Waals surface area contributed by atoms with E-state index >= 15 is 0 Å². The maximum Gasteiger partial charge on any atom is 0.158 e. The topological polar surface area (TPSA) is 59.3 Å². The number of nitrogens with zero attached hydrogens (tertiary/aromatic N) is 1. The minimum atomic E-state index is -3.15. The summed E-state index contributed by atoms with van der Waals surface area (Å²) in [6.07, 6.45) is 0. The summed E-state index contributed by atoms with van der Waals surface area (Å²) in [6, 6.07) is 7.14. The molecule has 0 unspecified atom stereocenters. The van der Waals surface area contributed by atoms with Crippen molar-refractivity contribution < 1.29 is 13.5 Å². The second kappa shape index (κ2) is 5.13. The van der Waals surface area contributed by atoms with Crippen LogP contribution in [-0.2, 0) is 15.6 Å². The number of sulfone groups is 1. The Kier molecular flexibility index (Phi) is 3.82. The molecule has 1 N–H and O–H groups in total. The van der Waals surface area contributed by atoms with E-state index in [1.165, 1.54) is 0 Å². The predicted molar refractivity (Wildman–Crippen MR) is 81.7 cm³/mol. The fraction of sp³-hybridized carbons (Fsp3) is 0.467. The summed E-state index contributed by atoms with van der Waals surface area (Å²) in [4.78, 5) is 0. The molecule has 0 saturated carbocycles. The summed E-state index contributed by atoms with van der Waals surface area (Å²) in [5, 5.41) is 10.0. The van der Waals surface area contributed by atoms with Crippen LogP contribution in [0.5, 0.6) is 5.75 Å². The van der Waals surface area contributed by atoms with Crippen LogP contribution in [-0.4, -0.2) is 23.3 Å². The molecule has 0 bridgehead atoms. The van der Waals surface area contributed by atoms with Gasteiger partial charge in [0.25, 0.3) is 0 Å². The van der Waals surface area contributed by atoms with E-state index in [0.717, 1.165) is 16.6 Å². The maximum atomic E-state index is 12.2. The smallest absolute Gasteiger partial charge is 0.158 e. The lowest BCUT2D eigenvalue weighted by atomic mass is 10.2. The van der Waals surface area contributed by atoms with Gasteiger partial charge >= 0.3 is 0 Å². The summed E-state index contributed by atoms with van der Waals surface area (Å²) >= 11 is 0. The molecule has 0 aliphatic heterocycles.